The number of hydrogen-bond acceptors (Lipinski definition) is 3. The zero-order chi connectivity index (χ0) is 17.5. The molecule has 126 valence electrons. The first-order chi connectivity index (χ1) is 11.5. The molecule has 0 spiro atoms. The van der Waals surface area contributed by atoms with E-state index >= 15 is 0 Å². The van der Waals surface area contributed by atoms with Crippen molar-refractivity contribution in [3.8, 4) is 0 Å². The molecule has 2 aromatic carbocycles. The fourth-order valence-corrected chi connectivity index (χ4v) is 2.32. The highest BCUT2D eigenvalue weighted by atomic mass is 16.4. The second kappa shape index (κ2) is 8.26. The standard InChI is InChI=1S/C19H22N2O3/c1-15(19(23)24)20(2)14-18(22)21(17-11-7-4-8-12-17)13-16-9-5-3-6-10-16/h3-12,15H,13-14H2,1-2H3,(H,23,24). The summed E-state index contributed by atoms with van der Waals surface area (Å²) in [5, 5.41) is 9.09. The SMILES string of the molecule is CC(C(=O)O)N(C)CC(=O)N(Cc1ccccc1)c1ccccc1. The third kappa shape index (κ3) is 4.67. The van der Waals surface area contributed by atoms with Crippen LogP contribution in [0.3, 0.4) is 0 Å². The van der Waals surface area contributed by atoms with Gasteiger partial charge in [0.2, 0.25) is 5.91 Å². The summed E-state index contributed by atoms with van der Waals surface area (Å²) < 4.78 is 0. The second-order valence-electron chi connectivity index (χ2n) is 5.73. The Hall–Kier alpha value is -2.66. The minimum Gasteiger partial charge on any atom is -0.480 e. The van der Waals surface area contributed by atoms with Gasteiger partial charge in [0.25, 0.3) is 0 Å². The molecule has 0 fully saturated rings. The minimum atomic E-state index is -0.945. The maximum absolute atomic E-state index is 12.8. The van der Waals surface area contributed by atoms with Crippen LogP contribution in [0.5, 0.6) is 0 Å². The lowest BCUT2D eigenvalue weighted by molar-refractivity contribution is -0.142. The fraction of sp³-hybridized carbons (Fsp3) is 0.263. The number of benzene rings is 2. The van der Waals surface area contributed by atoms with Gasteiger partial charge in [0.1, 0.15) is 6.04 Å². The first-order valence-corrected chi connectivity index (χ1v) is 7.81. The summed E-state index contributed by atoms with van der Waals surface area (Å²) >= 11 is 0. The molecule has 2 rings (SSSR count). The molecule has 1 amide bonds. The van der Waals surface area contributed by atoms with Crippen molar-refractivity contribution in [3.05, 3.63) is 66.2 Å². The summed E-state index contributed by atoms with van der Waals surface area (Å²) in [4.78, 5) is 27.1. The molecule has 0 aliphatic carbocycles. The lowest BCUT2D eigenvalue weighted by Gasteiger charge is -2.27. The number of anilines is 1. The highest BCUT2D eigenvalue weighted by Gasteiger charge is 2.23. The second-order valence-corrected chi connectivity index (χ2v) is 5.73. The van der Waals surface area contributed by atoms with Gasteiger partial charge in [-0.2, -0.15) is 0 Å². The zero-order valence-electron chi connectivity index (χ0n) is 13.9. The number of carboxylic acid groups (broad SMARTS) is 1. The number of hydrogen-bond donors (Lipinski definition) is 1. The molecule has 0 bridgehead atoms. The van der Waals surface area contributed by atoms with E-state index < -0.39 is 12.0 Å². The normalized spacial score (nSPS) is 12.0. The molecular formula is C19H22N2O3. The molecule has 24 heavy (non-hydrogen) atoms. The molecule has 0 aliphatic rings. The molecule has 0 saturated carbocycles. The number of carbonyl (C=O) groups excluding carboxylic acids is 1. The molecule has 5 nitrogen and oxygen atoms in total. The van der Waals surface area contributed by atoms with E-state index in [1.165, 1.54) is 4.90 Å². The summed E-state index contributed by atoms with van der Waals surface area (Å²) in [6, 6.07) is 18.4. The van der Waals surface area contributed by atoms with Crippen molar-refractivity contribution in [2.24, 2.45) is 0 Å². The van der Waals surface area contributed by atoms with Gasteiger partial charge < -0.3 is 10.0 Å². The first kappa shape index (κ1) is 17.7. The van der Waals surface area contributed by atoms with Crippen LogP contribution in [0.25, 0.3) is 0 Å². The lowest BCUT2D eigenvalue weighted by Crippen LogP contribution is -2.44. The smallest absolute Gasteiger partial charge is 0.320 e. The van der Waals surface area contributed by atoms with Crippen LogP contribution < -0.4 is 4.90 Å². The number of amides is 1. The Bertz CT molecular complexity index is 674. The zero-order valence-corrected chi connectivity index (χ0v) is 13.9. The Labute approximate surface area is 142 Å². The van der Waals surface area contributed by atoms with Crippen LogP contribution >= 0.6 is 0 Å². The van der Waals surface area contributed by atoms with Crippen LogP contribution in [0.4, 0.5) is 5.69 Å². The highest BCUT2D eigenvalue weighted by Crippen LogP contribution is 2.17. The van der Waals surface area contributed by atoms with E-state index in [9.17, 15) is 9.59 Å². The number of carboxylic acids is 1. The predicted octanol–water partition coefficient (Wildman–Crippen LogP) is 2.62. The van der Waals surface area contributed by atoms with Crippen molar-refractivity contribution in [2.75, 3.05) is 18.5 Å². The Kier molecular flexibility index (Phi) is 6.09. The minimum absolute atomic E-state index is 0.0369. The maximum Gasteiger partial charge on any atom is 0.320 e. The van der Waals surface area contributed by atoms with Gasteiger partial charge in [-0.15, -0.1) is 0 Å². The van der Waals surface area contributed by atoms with Gasteiger partial charge in [-0.05, 0) is 31.7 Å². The molecule has 0 heterocycles. The molecule has 1 atom stereocenters. The maximum atomic E-state index is 12.8. The van der Waals surface area contributed by atoms with E-state index in [1.807, 2.05) is 60.7 Å². The summed E-state index contributed by atoms with van der Waals surface area (Å²) in [5.74, 6) is -1.08. The average molecular weight is 326 g/mol. The monoisotopic (exact) mass is 326 g/mol. The lowest BCUT2D eigenvalue weighted by atomic mass is 10.2. The number of para-hydroxylation sites is 1. The van der Waals surface area contributed by atoms with Crippen LogP contribution in [-0.2, 0) is 16.1 Å². The molecular weight excluding hydrogens is 304 g/mol. The van der Waals surface area contributed by atoms with Crippen LogP contribution in [0.2, 0.25) is 0 Å². The number of likely N-dealkylation sites (N-methyl/N-ethyl adjacent to an activating group) is 1. The van der Waals surface area contributed by atoms with Crippen molar-refractivity contribution >= 4 is 17.6 Å². The topological polar surface area (TPSA) is 60.9 Å². The number of rotatable bonds is 7. The summed E-state index contributed by atoms with van der Waals surface area (Å²) in [7, 11) is 1.64. The number of aliphatic carboxylic acids is 1. The molecule has 2 aromatic rings. The van der Waals surface area contributed by atoms with Crippen molar-refractivity contribution in [2.45, 2.75) is 19.5 Å². The van der Waals surface area contributed by atoms with Crippen LogP contribution in [0.15, 0.2) is 60.7 Å². The van der Waals surface area contributed by atoms with Crippen molar-refractivity contribution in [1.29, 1.82) is 0 Å². The van der Waals surface area contributed by atoms with Crippen LogP contribution in [0.1, 0.15) is 12.5 Å². The van der Waals surface area contributed by atoms with Gasteiger partial charge in [-0.3, -0.25) is 14.5 Å². The Morgan fingerprint density at radius 2 is 1.54 bits per heavy atom. The molecule has 0 aromatic heterocycles. The van der Waals surface area contributed by atoms with E-state index in [4.69, 9.17) is 5.11 Å². The molecule has 0 saturated heterocycles. The van der Waals surface area contributed by atoms with Gasteiger partial charge in [-0.25, -0.2) is 0 Å². The largest absolute Gasteiger partial charge is 0.480 e. The molecule has 0 aliphatic heterocycles. The Morgan fingerprint density at radius 3 is 2.08 bits per heavy atom. The van der Waals surface area contributed by atoms with Gasteiger partial charge in [0.05, 0.1) is 13.1 Å². The number of nitrogens with zero attached hydrogens (tertiary/aromatic N) is 2. The molecule has 0 radical (unpaired) electrons. The third-order valence-electron chi connectivity index (χ3n) is 3.96. The average Bonchev–Trinajstić information content (AvgIpc) is 2.60. The third-order valence-corrected chi connectivity index (χ3v) is 3.96. The van der Waals surface area contributed by atoms with Crippen molar-refractivity contribution in [3.63, 3.8) is 0 Å². The van der Waals surface area contributed by atoms with Gasteiger partial charge in [-0.1, -0.05) is 48.5 Å². The molecule has 1 N–H and O–H groups in total. The molecule has 5 heteroatoms. The first-order valence-electron chi connectivity index (χ1n) is 7.81. The fourth-order valence-electron chi connectivity index (χ4n) is 2.32. The summed E-state index contributed by atoms with van der Waals surface area (Å²) in [5.41, 5.74) is 1.81. The van der Waals surface area contributed by atoms with Gasteiger partial charge in [0.15, 0.2) is 0 Å². The Morgan fingerprint density at radius 1 is 1.00 bits per heavy atom. The van der Waals surface area contributed by atoms with Crippen molar-refractivity contribution in [1.82, 2.24) is 4.90 Å². The van der Waals surface area contributed by atoms with E-state index in [2.05, 4.69) is 0 Å². The summed E-state index contributed by atoms with van der Waals surface area (Å²) in [6.45, 7) is 2.05. The van der Waals surface area contributed by atoms with Gasteiger partial charge >= 0.3 is 5.97 Å². The summed E-state index contributed by atoms with van der Waals surface area (Å²) in [6.07, 6.45) is 0. The Balaban J connectivity index is 2.19. The predicted molar refractivity (Wildman–Crippen MR) is 93.8 cm³/mol. The molecule has 1 unspecified atom stereocenters. The van der Waals surface area contributed by atoms with E-state index in [1.54, 1.807) is 18.9 Å². The number of carbonyl (C=O) groups is 2. The van der Waals surface area contributed by atoms with Crippen molar-refractivity contribution < 1.29 is 14.7 Å². The van der Waals surface area contributed by atoms with Gasteiger partial charge in [0, 0.05) is 5.69 Å². The van der Waals surface area contributed by atoms with Crippen LogP contribution in [-0.4, -0.2) is 41.5 Å². The van der Waals surface area contributed by atoms with E-state index in [-0.39, 0.29) is 12.5 Å². The highest BCUT2D eigenvalue weighted by molar-refractivity contribution is 5.95. The van der Waals surface area contributed by atoms with E-state index in [0.29, 0.717) is 6.54 Å². The van der Waals surface area contributed by atoms with Crippen LogP contribution in [0, 0.1) is 0 Å². The van der Waals surface area contributed by atoms with E-state index in [0.717, 1.165) is 11.3 Å². The quantitative estimate of drug-likeness (QED) is 0.850.